The smallest absolute Gasteiger partial charge is 0.190 e. The van der Waals surface area contributed by atoms with Crippen LogP contribution in [0.25, 0.3) is 0 Å². The van der Waals surface area contributed by atoms with Crippen molar-refractivity contribution in [1.29, 1.82) is 0 Å². The zero-order valence-corrected chi connectivity index (χ0v) is 17.4. The molecule has 2 N–H and O–H groups in total. The van der Waals surface area contributed by atoms with E-state index in [0.29, 0.717) is 13.0 Å². The quantitative estimate of drug-likeness (QED) is 0.366. The molecule has 0 bridgehead atoms. The lowest BCUT2D eigenvalue weighted by Crippen LogP contribution is -2.43. The van der Waals surface area contributed by atoms with E-state index in [1.165, 1.54) is 45.0 Å². The van der Waals surface area contributed by atoms with Gasteiger partial charge in [-0.2, -0.15) is 0 Å². The van der Waals surface area contributed by atoms with Gasteiger partial charge in [-0.15, -0.1) is 0 Å². The van der Waals surface area contributed by atoms with Crippen molar-refractivity contribution in [3.8, 4) is 0 Å². The van der Waals surface area contributed by atoms with Crippen molar-refractivity contribution in [3.63, 3.8) is 0 Å². The topological polar surface area (TPSA) is 73.8 Å². The van der Waals surface area contributed by atoms with Gasteiger partial charge in [0.25, 0.3) is 0 Å². The van der Waals surface area contributed by atoms with Crippen LogP contribution in [0.5, 0.6) is 0 Å². The van der Waals surface area contributed by atoms with Gasteiger partial charge in [-0.25, -0.2) is 8.42 Å². The van der Waals surface area contributed by atoms with Crippen molar-refractivity contribution in [3.05, 3.63) is 0 Å². The minimum Gasteiger partial charge on any atom is -0.356 e. The van der Waals surface area contributed by atoms with Crippen molar-refractivity contribution in [2.45, 2.75) is 52.4 Å². The fourth-order valence-corrected chi connectivity index (χ4v) is 3.89. The van der Waals surface area contributed by atoms with Gasteiger partial charge in [0.1, 0.15) is 9.84 Å². The van der Waals surface area contributed by atoms with Gasteiger partial charge in [0.15, 0.2) is 5.96 Å². The Labute approximate surface area is 154 Å². The summed E-state index contributed by atoms with van der Waals surface area (Å²) in [6, 6.07) is 0. The molecule has 0 aromatic rings. The average molecular weight is 375 g/mol. The van der Waals surface area contributed by atoms with E-state index in [1.54, 1.807) is 7.05 Å². The monoisotopic (exact) mass is 374 g/mol. The molecule has 1 heterocycles. The maximum absolute atomic E-state index is 11.3. The molecule has 6 nitrogen and oxygen atoms in total. The summed E-state index contributed by atoms with van der Waals surface area (Å²) in [4.78, 5) is 6.83. The Bertz CT molecular complexity index is 495. The average Bonchev–Trinajstić information content (AvgIpc) is 2.80. The van der Waals surface area contributed by atoms with Crippen LogP contribution in [0.15, 0.2) is 4.99 Å². The van der Waals surface area contributed by atoms with Gasteiger partial charge >= 0.3 is 0 Å². The van der Waals surface area contributed by atoms with Gasteiger partial charge in [0, 0.05) is 26.4 Å². The van der Waals surface area contributed by atoms with Crippen molar-refractivity contribution < 1.29 is 8.42 Å². The molecule has 0 aliphatic carbocycles. The Morgan fingerprint density at radius 1 is 1.12 bits per heavy atom. The van der Waals surface area contributed by atoms with Gasteiger partial charge in [-0.1, -0.05) is 26.7 Å². The second-order valence-electron chi connectivity index (χ2n) is 8.01. The molecule has 25 heavy (non-hydrogen) atoms. The molecule has 148 valence electrons. The fraction of sp³-hybridized carbons (Fsp3) is 0.944. The van der Waals surface area contributed by atoms with E-state index < -0.39 is 9.84 Å². The number of likely N-dealkylation sites (tertiary alicyclic amines) is 1. The predicted octanol–water partition coefficient (Wildman–Crippen LogP) is 1.88. The molecule has 0 spiro atoms. The molecule has 0 saturated carbocycles. The fourth-order valence-electron chi connectivity index (χ4n) is 2.96. The molecule has 1 saturated heterocycles. The molecular weight excluding hydrogens is 336 g/mol. The van der Waals surface area contributed by atoms with E-state index in [4.69, 9.17) is 0 Å². The van der Waals surface area contributed by atoms with Crippen LogP contribution in [0.2, 0.25) is 0 Å². The third-order valence-corrected chi connectivity index (χ3v) is 5.70. The van der Waals surface area contributed by atoms with Crippen molar-refractivity contribution in [1.82, 2.24) is 15.5 Å². The minimum absolute atomic E-state index is 0.0905. The Morgan fingerprint density at radius 2 is 1.76 bits per heavy atom. The zero-order chi connectivity index (χ0) is 18.8. The highest BCUT2D eigenvalue weighted by atomic mass is 32.2. The van der Waals surface area contributed by atoms with E-state index in [0.717, 1.165) is 25.5 Å². The second-order valence-corrected chi connectivity index (χ2v) is 10.3. The van der Waals surface area contributed by atoms with E-state index in [1.807, 2.05) is 0 Å². The third kappa shape index (κ3) is 11.4. The predicted molar refractivity (Wildman–Crippen MR) is 107 cm³/mol. The highest BCUT2D eigenvalue weighted by Gasteiger charge is 2.20. The molecule has 0 atom stereocenters. The minimum atomic E-state index is -2.91. The molecule has 0 aromatic carbocycles. The molecule has 1 fully saturated rings. The largest absolute Gasteiger partial charge is 0.356 e. The SMILES string of the molecule is CN=C(NCCCN1CCCCCC1)NCC(C)(C)CCS(C)(=O)=O. The van der Waals surface area contributed by atoms with E-state index in [-0.39, 0.29) is 11.2 Å². The van der Waals surface area contributed by atoms with Crippen LogP contribution in [0, 0.1) is 5.41 Å². The summed E-state index contributed by atoms with van der Waals surface area (Å²) >= 11 is 0. The van der Waals surface area contributed by atoms with Crippen LogP contribution in [0.4, 0.5) is 0 Å². The van der Waals surface area contributed by atoms with Crippen molar-refractivity contribution in [2.24, 2.45) is 10.4 Å². The Hall–Kier alpha value is -0.820. The number of rotatable bonds is 9. The summed E-state index contributed by atoms with van der Waals surface area (Å²) < 4.78 is 22.7. The van der Waals surface area contributed by atoms with Crippen LogP contribution in [0.1, 0.15) is 52.4 Å². The molecule has 0 aromatic heterocycles. The van der Waals surface area contributed by atoms with Crippen LogP contribution >= 0.6 is 0 Å². The lowest BCUT2D eigenvalue weighted by atomic mass is 9.90. The van der Waals surface area contributed by atoms with Gasteiger partial charge in [-0.05, 0) is 50.7 Å². The molecule has 0 unspecified atom stereocenters. The summed E-state index contributed by atoms with van der Waals surface area (Å²) in [5.41, 5.74) is -0.0905. The van der Waals surface area contributed by atoms with Crippen LogP contribution in [0.3, 0.4) is 0 Å². The van der Waals surface area contributed by atoms with Gasteiger partial charge in [0.2, 0.25) is 0 Å². The first kappa shape index (κ1) is 22.2. The first-order valence-corrected chi connectivity index (χ1v) is 11.6. The lowest BCUT2D eigenvalue weighted by Gasteiger charge is -2.26. The summed E-state index contributed by atoms with van der Waals surface area (Å²) in [5.74, 6) is 1.02. The summed E-state index contributed by atoms with van der Waals surface area (Å²) in [6.07, 6.45) is 8.46. The normalized spacial score (nSPS) is 18.0. The zero-order valence-electron chi connectivity index (χ0n) is 16.6. The molecular formula is C18H38N4O2S. The third-order valence-electron chi connectivity index (χ3n) is 4.75. The molecule has 1 rings (SSSR count). The molecule has 0 amide bonds. The first-order valence-electron chi connectivity index (χ1n) is 9.56. The van der Waals surface area contributed by atoms with Gasteiger partial charge < -0.3 is 15.5 Å². The van der Waals surface area contributed by atoms with Crippen LogP contribution in [-0.4, -0.2) is 71.1 Å². The molecule has 1 aliphatic heterocycles. The maximum atomic E-state index is 11.3. The van der Waals surface area contributed by atoms with Crippen molar-refractivity contribution >= 4 is 15.8 Å². The number of nitrogens with one attached hydrogen (secondary N) is 2. The highest BCUT2D eigenvalue weighted by Crippen LogP contribution is 2.19. The van der Waals surface area contributed by atoms with E-state index >= 15 is 0 Å². The number of sulfone groups is 1. The number of hydrogen-bond donors (Lipinski definition) is 2. The lowest BCUT2D eigenvalue weighted by molar-refractivity contribution is 0.281. The van der Waals surface area contributed by atoms with Crippen molar-refractivity contribution in [2.75, 3.05) is 51.8 Å². The molecule has 1 aliphatic rings. The van der Waals surface area contributed by atoms with E-state index in [2.05, 4.69) is 34.4 Å². The standard InChI is InChI=1S/C18H38N4O2S/c1-18(2,10-15-25(4,23)24)16-21-17(19-3)20-11-9-14-22-12-7-5-6-8-13-22/h5-16H2,1-4H3,(H2,19,20,21). The van der Waals surface area contributed by atoms with E-state index in [9.17, 15) is 8.42 Å². The first-order chi connectivity index (χ1) is 11.7. The molecule has 0 radical (unpaired) electrons. The highest BCUT2D eigenvalue weighted by molar-refractivity contribution is 7.90. The summed E-state index contributed by atoms with van der Waals surface area (Å²) in [7, 11) is -1.14. The van der Waals surface area contributed by atoms with Gasteiger partial charge in [0.05, 0.1) is 5.75 Å². The second kappa shape index (κ2) is 11.0. The Kier molecular flexibility index (Phi) is 9.79. The molecule has 7 heteroatoms. The number of hydrogen-bond acceptors (Lipinski definition) is 4. The number of guanidine groups is 1. The summed E-state index contributed by atoms with van der Waals surface area (Å²) in [5, 5.41) is 6.69. The van der Waals surface area contributed by atoms with Crippen LogP contribution in [-0.2, 0) is 9.84 Å². The summed E-state index contributed by atoms with van der Waals surface area (Å²) in [6.45, 7) is 9.39. The Balaban J connectivity index is 2.23. The maximum Gasteiger partial charge on any atom is 0.190 e. The van der Waals surface area contributed by atoms with Gasteiger partial charge in [-0.3, -0.25) is 4.99 Å². The Morgan fingerprint density at radius 3 is 2.32 bits per heavy atom. The number of nitrogens with zero attached hydrogens (tertiary/aromatic N) is 2. The van der Waals surface area contributed by atoms with Crippen LogP contribution < -0.4 is 10.6 Å². The number of aliphatic imine (C=N–C) groups is 1.